The topological polar surface area (TPSA) is 50.3 Å². The summed E-state index contributed by atoms with van der Waals surface area (Å²) in [6.45, 7) is 2.48. The van der Waals surface area contributed by atoms with Crippen molar-refractivity contribution in [3.8, 4) is 0 Å². The smallest absolute Gasteiger partial charge is 0.242 e. The molecule has 108 valence electrons. The van der Waals surface area contributed by atoms with E-state index in [-0.39, 0.29) is 0 Å². The van der Waals surface area contributed by atoms with E-state index in [1.54, 1.807) is 36.7 Å². The van der Waals surface area contributed by atoms with E-state index >= 15 is 0 Å². The highest BCUT2D eigenvalue weighted by atomic mass is 32.2. The zero-order valence-corrected chi connectivity index (χ0v) is 13.2. The van der Waals surface area contributed by atoms with Gasteiger partial charge in [0.05, 0.1) is 9.90 Å². The molecule has 2 rings (SSSR count). The fourth-order valence-corrected chi connectivity index (χ4v) is 3.61. The van der Waals surface area contributed by atoms with Gasteiger partial charge in [0.2, 0.25) is 10.0 Å². The molecule has 0 unspecified atom stereocenters. The van der Waals surface area contributed by atoms with Gasteiger partial charge in [0.1, 0.15) is 0 Å². The molecule has 0 bridgehead atoms. The van der Waals surface area contributed by atoms with Crippen molar-refractivity contribution in [2.24, 2.45) is 0 Å². The Morgan fingerprint density at radius 3 is 2.50 bits per heavy atom. The van der Waals surface area contributed by atoms with Crippen LogP contribution < -0.4 is 0 Å². The molecule has 1 aromatic heterocycles. The largest absolute Gasteiger partial charge is 0.250 e. The van der Waals surface area contributed by atoms with Gasteiger partial charge in [-0.15, -0.1) is 11.3 Å². The first-order valence-corrected chi connectivity index (χ1v) is 8.79. The molecule has 0 spiro atoms. The number of rotatable bonds is 6. The zero-order valence-electron chi connectivity index (χ0n) is 11.6. The maximum atomic E-state index is 12.4. The molecule has 1 heterocycles. The van der Waals surface area contributed by atoms with E-state index in [2.05, 4.69) is 4.98 Å². The molecule has 0 saturated heterocycles. The Kier molecular flexibility index (Phi) is 4.91. The van der Waals surface area contributed by atoms with Crippen molar-refractivity contribution in [3.63, 3.8) is 0 Å². The fraction of sp³-hybridized carbons (Fsp3) is 0.357. The van der Waals surface area contributed by atoms with Gasteiger partial charge in [0.25, 0.3) is 0 Å². The maximum absolute atomic E-state index is 12.4. The van der Waals surface area contributed by atoms with Gasteiger partial charge in [-0.2, -0.15) is 0 Å². The molecular formula is C14H18N2O2S2. The molecule has 0 radical (unpaired) electrons. The number of thiazole rings is 1. The second kappa shape index (κ2) is 6.47. The van der Waals surface area contributed by atoms with E-state index < -0.39 is 10.0 Å². The normalized spacial score (nSPS) is 11.9. The Labute approximate surface area is 124 Å². The summed E-state index contributed by atoms with van der Waals surface area (Å²) >= 11 is 1.54. The number of benzene rings is 1. The molecule has 1 aromatic carbocycles. The van der Waals surface area contributed by atoms with Gasteiger partial charge in [-0.25, -0.2) is 17.7 Å². The summed E-state index contributed by atoms with van der Waals surface area (Å²) in [5.41, 5.74) is 1.13. The quantitative estimate of drug-likeness (QED) is 0.824. The molecular weight excluding hydrogens is 292 g/mol. The van der Waals surface area contributed by atoms with Crippen LogP contribution in [0.4, 0.5) is 0 Å². The van der Waals surface area contributed by atoms with Crippen LogP contribution in [-0.2, 0) is 22.9 Å². The number of nitrogens with zero attached hydrogens (tertiary/aromatic N) is 2. The minimum Gasteiger partial charge on any atom is -0.250 e. The Balaban J connectivity index is 2.07. The first-order valence-electron chi connectivity index (χ1n) is 6.47. The molecule has 0 atom stereocenters. The molecule has 0 aliphatic heterocycles. The van der Waals surface area contributed by atoms with E-state index in [9.17, 15) is 8.42 Å². The first kappa shape index (κ1) is 15.2. The van der Waals surface area contributed by atoms with E-state index in [0.717, 1.165) is 17.0 Å². The molecule has 2 aromatic rings. The van der Waals surface area contributed by atoms with Crippen LogP contribution >= 0.6 is 11.3 Å². The highest BCUT2D eigenvalue weighted by molar-refractivity contribution is 7.89. The summed E-state index contributed by atoms with van der Waals surface area (Å²) in [5.74, 6) is 0. The minimum absolute atomic E-state index is 0.344. The van der Waals surface area contributed by atoms with E-state index in [1.165, 1.54) is 4.31 Å². The molecule has 0 saturated carbocycles. The molecule has 0 amide bonds. The number of aryl methyl sites for hydroxylation is 1. The van der Waals surface area contributed by atoms with Gasteiger partial charge in [-0.3, -0.25) is 0 Å². The third-order valence-electron chi connectivity index (χ3n) is 3.16. The van der Waals surface area contributed by atoms with Crippen LogP contribution in [0.25, 0.3) is 0 Å². The fourth-order valence-electron chi connectivity index (χ4n) is 1.83. The van der Waals surface area contributed by atoms with Crippen molar-refractivity contribution < 1.29 is 8.42 Å². The Bertz CT molecular complexity index is 634. The van der Waals surface area contributed by atoms with Crippen LogP contribution in [0.2, 0.25) is 0 Å². The first-order chi connectivity index (χ1) is 9.54. The Morgan fingerprint density at radius 2 is 1.95 bits per heavy atom. The van der Waals surface area contributed by atoms with E-state index in [0.29, 0.717) is 17.9 Å². The minimum atomic E-state index is -3.41. The third-order valence-corrected chi connectivity index (χ3v) is 5.87. The Hall–Kier alpha value is -1.24. The van der Waals surface area contributed by atoms with Crippen molar-refractivity contribution >= 4 is 21.4 Å². The average Bonchev–Trinajstić information content (AvgIpc) is 2.98. The monoisotopic (exact) mass is 310 g/mol. The lowest BCUT2D eigenvalue weighted by Gasteiger charge is -2.16. The summed E-state index contributed by atoms with van der Waals surface area (Å²) in [4.78, 5) is 4.51. The number of likely N-dealkylation sites (N-methyl/N-ethyl adjacent to an activating group) is 1. The van der Waals surface area contributed by atoms with Crippen LogP contribution in [0.5, 0.6) is 0 Å². The van der Waals surface area contributed by atoms with Gasteiger partial charge in [-0.1, -0.05) is 19.1 Å². The van der Waals surface area contributed by atoms with Gasteiger partial charge in [0.15, 0.2) is 0 Å². The summed E-state index contributed by atoms with van der Waals surface area (Å²) in [5, 5.41) is 2.85. The lowest BCUT2D eigenvalue weighted by Crippen LogP contribution is -2.29. The predicted molar refractivity (Wildman–Crippen MR) is 81.5 cm³/mol. The molecule has 0 N–H and O–H groups in total. The number of aromatic nitrogens is 1. The summed E-state index contributed by atoms with van der Waals surface area (Å²) < 4.78 is 26.2. The molecule has 0 aliphatic rings. The molecule has 0 fully saturated rings. The molecule has 4 nitrogen and oxygen atoms in total. The van der Waals surface area contributed by atoms with Crippen LogP contribution in [0, 0.1) is 0 Å². The van der Waals surface area contributed by atoms with Crippen molar-refractivity contribution in [1.82, 2.24) is 9.29 Å². The second-order valence-electron chi connectivity index (χ2n) is 4.50. The molecule has 20 heavy (non-hydrogen) atoms. The van der Waals surface area contributed by atoms with E-state index in [4.69, 9.17) is 0 Å². The number of hydrogen-bond donors (Lipinski definition) is 0. The van der Waals surface area contributed by atoms with Gasteiger partial charge < -0.3 is 0 Å². The lowest BCUT2D eigenvalue weighted by molar-refractivity contribution is 0.472. The van der Waals surface area contributed by atoms with Crippen LogP contribution in [0.15, 0.2) is 40.7 Å². The van der Waals surface area contributed by atoms with E-state index in [1.807, 2.05) is 24.4 Å². The average molecular weight is 310 g/mol. The highest BCUT2D eigenvalue weighted by Gasteiger charge is 2.20. The zero-order chi connectivity index (χ0) is 14.6. The van der Waals surface area contributed by atoms with Crippen molar-refractivity contribution in [3.05, 3.63) is 46.4 Å². The van der Waals surface area contributed by atoms with Gasteiger partial charge in [0, 0.05) is 31.6 Å². The number of sulfonamides is 1. The standard InChI is InChI=1S/C14H18N2O2S2/c1-3-12-4-6-13(7-5-12)20(17,18)16(2)10-8-14-15-9-11-19-14/h4-7,9,11H,3,8,10H2,1-2H3. The maximum Gasteiger partial charge on any atom is 0.242 e. The van der Waals surface area contributed by atoms with Crippen LogP contribution in [0.1, 0.15) is 17.5 Å². The van der Waals surface area contributed by atoms with Crippen molar-refractivity contribution in [2.75, 3.05) is 13.6 Å². The summed E-state index contributed by atoms with van der Waals surface area (Å²) in [6, 6.07) is 7.07. The van der Waals surface area contributed by atoms with Gasteiger partial charge >= 0.3 is 0 Å². The van der Waals surface area contributed by atoms with Crippen molar-refractivity contribution in [2.45, 2.75) is 24.7 Å². The van der Waals surface area contributed by atoms with Crippen LogP contribution in [0.3, 0.4) is 0 Å². The second-order valence-corrected chi connectivity index (χ2v) is 7.52. The van der Waals surface area contributed by atoms with Gasteiger partial charge in [-0.05, 0) is 24.1 Å². The van der Waals surface area contributed by atoms with Crippen molar-refractivity contribution in [1.29, 1.82) is 0 Å². The molecule has 0 aliphatic carbocycles. The SMILES string of the molecule is CCc1ccc(S(=O)(=O)N(C)CCc2nccs2)cc1. The predicted octanol–water partition coefficient (Wildman–Crippen LogP) is 2.57. The lowest BCUT2D eigenvalue weighted by atomic mass is 10.2. The summed E-state index contributed by atoms with van der Waals surface area (Å²) in [6.07, 6.45) is 3.28. The highest BCUT2D eigenvalue weighted by Crippen LogP contribution is 2.16. The van der Waals surface area contributed by atoms with Crippen LogP contribution in [-0.4, -0.2) is 31.3 Å². The Morgan fingerprint density at radius 1 is 1.25 bits per heavy atom. The third kappa shape index (κ3) is 3.45. The molecule has 6 heteroatoms. The summed E-state index contributed by atoms with van der Waals surface area (Å²) in [7, 11) is -1.80. The number of hydrogen-bond acceptors (Lipinski definition) is 4.